The molecule has 0 unspecified atom stereocenters. The molecule has 9 heteroatoms. The fourth-order valence-corrected chi connectivity index (χ4v) is 5.07. The van der Waals surface area contributed by atoms with Gasteiger partial charge in [0, 0.05) is 55.8 Å². The van der Waals surface area contributed by atoms with E-state index in [9.17, 15) is 13.2 Å². The molecule has 7 nitrogen and oxygen atoms in total. The van der Waals surface area contributed by atoms with E-state index in [1.54, 1.807) is 18.3 Å². The van der Waals surface area contributed by atoms with E-state index in [2.05, 4.69) is 9.88 Å². The first kappa shape index (κ1) is 19.0. The molecule has 1 fully saturated rings. The minimum Gasteiger partial charge on any atom is -0.295 e. The predicted octanol–water partition coefficient (Wildman–Crippen LogP) is 1.87. The summed E-state index contributed by atoms with van der Waals surface area (Å²) in [6.45, 7) is 2.58. The average Bonchev–Trinajstić information content (AvgIpc) is 3.17. The molecule has 0 saturated carbocycles. The summed E-state index contributed by atoms with van der Waals surface area (Å²) in [6, 6.07) is 10.9. The second-order valence-corrected chi connectivity index (χ2v) is 9.27. The fraction of sp³-hybridized carbons (Fsp3) is 0.263. The molecule has 28 heavy (non-hydrogen) atoms. The Labute approximate surface area is 167 Å². The number of nitrogens with zero attached hydrogens (tertiary/aromatic N) is 4. The van der Waals surface area contributed by atoms with Crippen LogP contribution in [0.2, 0.25) is 0 Å². The second kappa shape index (κ2) is 7.96. The van der Waals surface area contributed by atoms with Crippen molar-refractivity contribution in [3.63, 3.8) is 0 Å². The Kier molecular flexibility index (Phi) is 5.40. The maximum atomic E-state index is 12.6. The van der Waals surface area contributed by atoms with Crippen LogP contribution < -0.4 is 5.56 Å². The van der Waals surface area contributed by atoms with Crippen LogP contribution in [-0.4, -0.2) is 53.2 Å². The van der Waals surface area contributed by atoms with E-state index >= 15 is 0 Å². The molecular formula is C19H20N4O3S2. The number of thiazole rings is 1. The third-order valence-corrected chi connectivity index (χ3v) is 6.99. The van der Waals surface area contributed by atoms with Crippen molar-refractivity contribution in [2.45, 2.75) is 6.54 Å². The molecule has 1 aliphatic heterocycles. The monoisotopic (exact) mass is 416 g/mol. The first-order valence-electron chi connectivity index (χ1n) is 8.93. The minimum absolute atomic E-state index is 0.0893. The lowest BCUT2D eigenvalue weighted by atomic mass is 10.2. The molecule has 1 aromatic carbocycles. The smallest absolute Gasteiger partial charge is 0.258 e. The summed E-state index contributed by atoms with van der Waals surface area (Å²) in [7, 11) is -3.45. The summed E-state index contributed by atoms with van der Waals surface area (Å²) in [5.74, 6) is 0. The van der Waals surface area contributed by atoms with E-state index in [4.69, 9.17) is 0 Å². The van der Waals surface area contributed by atoms with Gasteiger partial charge in [-0.25, -0.2) is 13.4 Å². The molecule has 0 radical (unpaired) electrons. The zero-order valence-corrected chi connectivity index (χ0v) is 16.8. The number of sulfonamides is 1. The molecule has 2 aromatic heterocycles. The number of piperazine rings is 1. The Hall–Kier alpha value is -2.33. The summed E-state index contributed by atoms with van der Waals surface area (Å²) in [5.41, 5.74) is 1.48. The standard InChI is InChI=1S/C19H20N4O3S2/c24-18-14-17(20-19-23(18)11-12-27-19)15-21-7-9-22(10-8-21)28(25,26)13-6-16-4-2-1-3-5-16/h1-6,11-14H,7-10,15H2/b13-6+. The third-order valence-electron chi connectivity index (χ3n) is 4.67. The van der Waals surface area contributed by atoms with Gasteiger partial charge in [-0.1, -0.05) is 30.3 Å². The molecule has 3 heterocycles. The van der Waals surface area contributed by atoms with Crippen molar-refractivity contribution in [2.24, 2.45) is 0 Å². The van der Waals surface area contributed by atoms with Gasteiger partial charge in [-0.15, -0.1) is 11.3 Å². The van der Waals surface area contributed by atoms with E-state index in [-0.39, 0.29) is 5.56 Å². The Morgan fingerprint density at radius 2 is 1.86 bits per heavy atom. The first-order valence-corrected chi connectivity index (χ1v) is 11.3. The summed E-state index contributed by atoms with van der Waals surface area (Å²) >= 11 is 1.42. The normalized spacial score (nSPS) is 16.9. The number of hydrogen-bond donors (Lipinski definition) is 0. The molecule has 4 rings (SSSR count). The summed E-state index contributed by atoms with van der Waals surface area (Å²) in [5, 5.41) is 3.10. The van der Waals surface area contributed by atoms with Crippen molar-refractivity contribution >= 4 is 32.4 Å². The molecular weight excluding hydrogens is 396 g/mol. The van der Waals surface area contributed by atoms with Gasteiger partial charge in [-0.05, 0) is 11.6 Å². The van der Waals surface area contributed by atoms with Crippen LogP contribution >= 0.6 is 11.3 Å². The molecule has 0 atom stereocenters. The van der Waals surface area contributed by atoms with Crippen molar-refractivity contribution in [2.75, 3.05) is 26.2 Å². The van der Waals surface area contributed by atoms with Crippen LogP contribution in [-0.2, 0) is 16.6 Å². The zero-order chi connectivity index (χ0) is 19.6. The second-order valence-electron chi connectivity index (χ2n) is 6.57. The van der Waals surface area contributed by atoms with Gasteiger partial charge in [-0.3, -0.25) is 14.1 Å². The highest BCUT2D eigenvalue weighted by molar-refractivity contribution is 7.92. The van der Waals surface area contributed by atoms with Gasteiger partial charge in [0.1, 0.15) is 0 Å². The molecule has 0 bridgehead atoms. The van der Waals surface area contributed by atoms with Crippen LogP contribution in [0.3, 0.4) is 0 Å². The molecule has 1 aliphatic rings. The Bertz CT molecular complexity index is 1140. The van der Waals surface area contributed by atoms with Crippen LogP contribution in [0.4, 0.5) is 0 Å². The quantitative estimate of drug-likeness (QED) is 0.635. The molecule has 1 saturated heterocycles. The highest BCUT2D eigenvalue weighted by atomic mass is 32.2. The summed E-state index contributed by atoms with van der Waals surface area (Å²) in [6.07, 6.45) is 3.33. The minimum atomic E-state index is -3.45. The van der Waals surface area contributed by atoms with Gasteiger partial charge in [-0.2, -0.15) is 4.31 Å². The predicted molar refractivity (Wildman–Crippen MR) is 111 cm³/mol. The van der Waals surface area contributed by atoms with Crippen molar-refractivity contribution in [3.05, 3.63) is 75.0 Å². The molecule has 0 N–H and O–H groups in total. The van der Waals surface area contributed by atoms with Gasteiger partial charge in [0.15, 0.2) is 4.96 Å². The topological polar surface area (TPSA) is 75.0 Å². The van der Waals surface area contributed by atoms with Gasteiger partial charge >= 0.3 is 0 Å². The molecule has 3 aromatic rings. The maximum absolute atomic E-state index is 12.6. The van der Waals surface area contributed by atoms with Crippen molar-refractivity contribution in [1.82, 2.24) is 18.6 Å². The lowest BCUT2D eigenvalue weighted by Gasteiger charge is -2.33. The van der Waals surface area contributed by atoms with Gasteiger partial charge in [0.25, 0.3) is 5.56 Å². The third kappa shape index (κ3) is 4.22. The van der Waals surface area contributed by atoms with E-state index in [0.717, 1.165) is 5.56 Å². The largest absolute Gasteiger partial charge is 0.295 e. The number of aromatic nitrogens is 2. The van der Waals surface area contributed by atoms with Gasteiger partial charge in [0.2, 0.25) is 10.0 Å². The lowest BCUT2D eigenvalue weighted by Crippen LogP contribution is -2.47. The van der Waals surface area contributed by atoms with Crippen LogP contribution in [0.25, 0.3) is 11.0 Å². The Morgan fingerprint density at radius 3 is 2.61 bits per heavy atom. The Balaban J connectivity index is 1.38. The van der Waals surface area contributed by atoms with E-state index in [1.807, 2.05) is 35.7 Å². The number of rotatable bonds is 5. The van der Waals surface area contributed by atoms with Crippen molar-refractivity contribution in [1.29, 1.82) is 0 Å². The van der Waals surface area contributed by atoms with Gasteiger partial charge < -0.3 is 0 Å². The maximum Gasteiger partial charge on any atom is 0.258 e. The molecule has 0 spiro atoms. The van der Waals surface area contributed by atoms with Crippen LogP contribution in [0.5, 0.6) is 0 Å². The highest BCUT2D eigenvalue weighted by Crippen LogP contribution is 2.14. The number of hydrogen-bond acceptors (Lipinski definition) is 6. The van der Waals surface area contributed by atoms with E-state index < -0.39 is 10.0 Å². The summed E-state index contributed by atoms with van der Waals surface area (Å²) in [4.78, 5) is 19.4. The summed E-state index contributed by atoms with van der Waals surface area (Å²) < 4.78 is 28.1. The average molecular weight is 417 g/mol. The SMILES string of the molecule is O=c1cc(CN2CCN(S(=O)(=O)/C=C/c3ccccc3)CC2)nc2sccn12. The zero-order valence-electron chi connectivity index (χ0n) is 15.1. The van der Waals surface area contributed by atoms with Crippen LogP contribution in [0.1, 0.15) is 11.3 Å². The Morgan fingerprint density at radius 1 is 1.11 bits per heavy atom. The molecule has 146 valence electrons. The van der Waals surface area contributed by atoms with Crippen LogP contribution in [0.15, 0.2) is 58.2 Å². The molecule has 0 aliphatic carbocycles. The first-order chi connectivity index (χ1) is 13.5. The van der Waals surface area contributed by atoms with Crippen molar-refractivity contribution < 1.29 is 8.42 Å². The van der Waals surface area contributed by atoms with Crippen molar-refractivity contribution in [3.8, 4) is 0 Å². The fourth-order valence-electron chi connectivity index (χ4n) is 3.15. The lowest BCUT2D eigenvalue weighted by molar-refractivity contribution is 0.181. The highest BCUT2D eigenvalue weighted by Gasteiger charge is 2.25. The van der Waals surface area contributed by atoms with Crippen LogP contribution in [0, 0.1) is 0 Å². The van der Waals surface area contributed by atoms with E-state index in [1.165, 1.54) is 25.5 Å². The molecule has 0 amide bonds. The number of fused-ring (bicyclic) bond motifs is 1. The van der Waals surface area contributed by atoms with E-state index in [0.29, 0.717) is 43.4 Å². The van der Waals surface area contributed by atoms with Gasteiger partial charge in [0.05, 0.1) is 5.69 Å². The number of benzene rings is 1.